The van der Waals surface area contributed by atoms with Crippen molar-refractivity contribution in [3.63, 3.8) is 0 Å². The molecule has 132 valence electrons. The van der Waals surface area contributed by atoms with E-state index >= 15 is 0 Å². The molecular weight excluding hydrogens is 312 g/mol. The third-order valence-electron chi connectivity index (χ3n) is 3.94. The Morgan fingerprint density at radius 3 is 2.67 bits per heavy atom. The van der Waals surface area contributed by atoms with Gasteiger partial charge < -0.3 is 15.8 Å². The average molecular weight is 336 g/mol. The van der Waals surface area contributed by atoms with Crippen LogP contribution in [0, 0.1) is 10.1 Å². The molecule has 1 fully saturated rings. The van der Waals surface area contributed by atoms with Gasteiger partial charge in [-0.25, -0.2) is 0 Å². The summed E-state index contributed by atoms with van der Waals surface area (Å²) in [5.41, 5.74) is 5.55. The number of anilines is 1. The summed E-state index contributed by atoms with van der Waals surface area (Å²) in [5, 5.41) is 14.2. The Morgan fingerprint density at radius 1 is 1.42 bits per heavy atom. The molecule has 2 rings (SSSR count). The van der Waals surface area contributed by atoms with Crippen LogP contribution in [0.4, 0.5) is 11.4 Å². The largest absolute Gasteiger partial charge is 0.379 e. The van der Waals surface area contributed by atoms with Crippen molar-refractivity contribution in [1.29, 1.82) is 0 Å². The molecule has 8 nitrogen and oxygen atoms in total. The Hall–Kier alpha value is -2.19. The molecule has 2 atom stereocenters. The Bertz CT molecular complexity index is 598. The number of primary amides is 1. The number of hydrogen-bond acceptors (Lipinski definition) is 6. The standard InChI is InChI=1S/C16H24N4O4/c1-11-9-19(10-12(2)24-11)7-3-6-18-14-5-4-13(16(17)21)8-15(14)20(22)23/h4-5,8,11-12,18H,3,6-7,9-10H2,1-2H3,(H2,17,21). The SMILES string of the molecule is CC1CN(CCCNc2ccc(C(N)=O)cc2[N+](=O)[O-])CC(C)O1. The van der Waals surface area contributed by atoms with Crippen LogP contribution < -0.4 is 11.1 Å². The number of rotatable bonds is 7. The number of carbonyl (C=O) groups excluding carboxylic acids is 1. The molecule has 24 heavy (non-hydrogen) atoms. The molecule has 0 spiro atoms. The fraction of sp³-hybridized carbons (Fsp3) is 0.562. The minimum Gasteiger partial charge on any atom is -0.379 e. The van der Waals surface area contributed by atoms with E-state index in [1.165, 1.54) is 18.2 Å². The van der Waals surface area contributed by atoms with Crippen LogP contribution in [0.15, 0.2) is 18.2 Å². The summed E-state index contributed by atoms with van der Waals surface area (Å²) >= 11 is 0. The average Bonchev–Trinajstić information content (AvgIpc) is 2.50. The quantitative estimate of drug-likeness (QED) is 0.444. The Labute approximate surface area is 141 Å². The highest BCUT2D eigenvalue weighted by Crippen LogP contribution is 2.25. The van der Waals surface area contributed by atoms with Crippen molar-refractivity contribution in [2.75, 3.05) is 31.5 Å². The van der Waals surface area contributed by atoms with Crippen LogP contribution in [0.1, 0.15) is 30.6 Å². The first-order valence-electron chi connectivity index (χ1n) is 8.06. The van der Waals surface area contributed by atoms with Crippen molar-refractivity contribution >= 4 is 17.3 Å². The number of nitrogens with one attached hydrogen (secondary N) is 1. The number of carbonyl (C=O) groups is 1. The number of benzene rings is 1. The van der Waals surface area contributed by atoms with E-state index in [0.29, 0.717) is 12.2 Å². The zero-order valence-corrected chi connectivity index (χ0v) is 14.0. The van der Waals surface area contributed by atoms with Gasteiger partial charge in [0.25, 0.3) is 5.69 Å². The maximum Gasteiger partial charge on any atom is 0.293 e. The lowest BCUT2D eigenvalue weighted by atomic mass is 10.1. The maximum atomic E-state index is 11.1. The molecule has 1 heterocycles. The Morgan fingerprint density at radius 2 is 2.08 bits per heavy atom. The molecule has 1 aromatic rings. The van der Waals surface area contributed by atoms with Crippen molar-refractivity contribution in [3.05, 3.63) is 33.9 Å². The topological polar surface area (TPSA) is 111 Å². The normalized spacial score (nSPS) is 21.4. The van der Waals surface area contributed by atoms with Crippen molar-refractivity contribution in [3.8, 4) is 0 Å². The van der Waals surface area contributed by atoms with E-state index in [4.69, 9.17) is 10.5 Å². The van der Waals surface area contributed by atoms with Gasteiger partial charge in [0.1, 0.15) is 5.69 Å². The number of nitrogens with zero attached hydrogens (tertiary/aromatic N) is 2. The third kappa shape index (κ3) is 4.90. The smallest absolute Gasteiger partial charge is 0.293 e. The van der Waals surface area contributed by atoms with Gasteiger partial charge >= 0.3 is 0 Å². The molecule has 0 radical (unpaired) electrons. The van der Waals surface area contributed by atoms with E-state index in [-0.39, 0.29) is 23.5 Å². The van der Waals surface area contributed by atoms with Crippen molar-refractivity contribution in [2.24, 2.45) is 5.73 Å². The zero-order valence-electron chi connectivity index (χ0n) is 14.0. The Balaban J connectivity index is 1.88. The van der Waals surface area contributed by atoms with Crippen LogP contribution in [-0.4, -0.2) is 54.1 Å². The Kier molecular flexibility index (Phi) is 6.10. The zero-order chi connectivity index (χ0) is 17.7. The number of ether oxygens (including phenoxy) is 1. The minimum absolute atomic E-state index is 0.128. The summed E-state index contributed by atoms with van der Waals surface area (Å²) in [6, 6.07) is 4.22. The molecule has 1 saturated heterocycles. The molecule has 1 aliphatic heterocycles. The monoisotopic (exact) mass is 336 g/mol. The van der Waals surface area contributed by atoms with Crippen LogP contribution in [0.3, 0.4) is 0 Å². The van der Waals surface area contributed by atoms with Crippen LogP contribution in [0.25, 0.3) is 0 Å². The number of hydrogen-bond donors (Lipinski definition) is 2. The second kappa shape index (κ2) is 8.07. The number of morpholine rings is 1. The van der Waals surface area contributed by atoms with E-state index in [0.717, 1.165) is 26.1 Å². The molecule has 0 bridgehead atoms. The lowest BCUT2D eigenvalue weighted by Gasteiger charge is -2.35. The molecule has 1 aromatic carbocycles. The van der Waals surface area contributed by atoms with Gasteiger partial charge in [-0.05, 0) is 32.4 Å². The minimum atomic E-state index is -0.680. The molecule has 1 amide bonds. The van der Waals surface area contributed by atoms with E-state index in [2.05, 4.69) is 24.1 Å². The number of nitro benzene ring substituents is 1. The first-order valence-corrected chi connectivity index (χ1v) is 8.06. The highest BCUT2D eigenvalue weighted by atomic mass is 16.6. The molecular formula is C16H24N4O4. The third-order valence-corrected chi connectivity index (χ3v) is 3.94. The summed E-state index contributed by atoms with van der Waals surface area (Å²) in [5.74, 6) is -0.680. The summed E-state index contributed by atoms with van der Waals surface area (Å²) < 4.78 is 5.69. The molecule has 3 N–H and O–H groups in total. The van der Waals surface area contributed by atoms with Gasteiger partial charge in [0, 0.05) is 37.8 Å². The summed E-state index contributed by atoms with van der Waals surface area (Å²) in [6.45, 7) is 7.43. The first kappa shape index (κ1) is 18.2. The van der Waals surface area contributed by atoms with Gasteiger partial charge in [-0.2, -0.15) is 0 Å². The van der Waals surface area contributed by atoms with E-state index in [9.17, 15) is 14.9 Å². The predicted molar refractivity (Wildman–Crippen MR) is 91.2 cm³/mol. The van der Waals surface area contributed by atoms with Gasteiger partial charge in [0.05, 0.1) is 17.1 Å². The van der Waals surface area contributed by atoms with E-state index in [1.54, 1.807) is 0 Å². The fourth-order valence-corrected chi connectivity index (χ4v) is 2.98. The van der Waals surface area contributed by atoms with Crippen molar-refractivity contribution in [1.82, 2.24) is 4.90 Å². The van der Waals surface area contributed by atoms with Gasteiger partial charge in [-0.3, -0.25) is 19.8 Å². The van der Waals surface area contributed by atoms with Gasteiger partial charge in [-0.1, -0.05) is 0 Å². The van der Waals surface area contributed by atoms with Crippen LogP contribution >= 0.6 is 0 Å². The molecule has 0 aliphatic carbocycles. The molecule has 8 heteroatoms. The van der Waals surface area contributed by atoms with Crippen LogP contribution in [0.5, 0.6) is 0 Å². The number of nitro groups is 1. The summed E-state index contributed by atoms with van der Waals surface area (Å²) in [6.07, 6.45) is 1.31. The number of amides is 1. The lowest BCUT2D eigenvalue weighted by molar-refractivity contribution is -0.384. The highest BCUT2D eigenvalue weighted by molar-refractivity contribution is 5.94. The molecule has 2 unspecified atom stereocenters. The van der Waals surface area contributed by atoms with Crippen molar-refractivity contribution in [2.45, 2.75) is 32.5 Å². The van der Waals surface area contributed by atoms with E-state index < -0.39 is 10.8 Å². The van der Waals surface area contributed by atoms with Gasteiger partial charge in [0.15, 0.2) is 0 Å². The van der Waals surface area contributed by atoms with E-state index in [1.807, 2.05) is 0 Å². The summed E-state index contributed by atoms with van der Waals surface area (Å²) in [7, 11) is 0. The first-order chi connectivity index (χ1) is 11.4. The summed E-state index contributed by atoms with van der Waals surface area (Å²) in [4.78, 5) is 24.1. The highest BCUT2D eigenvalue weighted by Gasteiger charge is 2.21. The van der Waals surface area contributed by atoms with Crippen LogP contribution in [-0.2, 0) is 4.74 Å². The molecule has 1 aliphatic rings. The maximum absolute atomic E-state index is 11.1. The van der Waals surface area contributed by atoms with Gasteiger partial charge in [-0.15, -0.1) is 0 Å². The second-order valence-corrected chi connectivity index (χ2v) is 6.15. The van der Waals surface area contributed by atoms with Crippen molar-refractivity contribution < 1.29 is 14.5 Å². The van der Waals surface area contributed by atoms with Gasteiger partial charge in [0.2, 0.25) is 5.91 Å². The van der Waals surface area contributed by atoms with Crippen LogP contribution in [0.2, 0.25) is 0 Å². The number of nitrogens with two attached hydrogens (primary N) is 1. The molecule has 0 saturated carbocycles. The predicted octanol–water partition coefficient (Wildman–Crippen LogP) is 1.60. The lowest BCUT2D eigenvalue weighted by Crippen LogP contribution is -2.45. The second-order valence-electron chi connectivity index (χ2n) is 6.15. The molecule has 0 aromatic heterocycles. The fourth-order valence-electron chi connectivity index (χ4n) is 2.98.